The summed E-state index contributed by atoms with van der Waals surface area (Å²) in [5.41, 5.74) is 0.487. The van der Waals surface area contributed by atoms with Crippen LogP contribution in [0.2, 0.25) is 0 Å². The first-order valence-electron chi connectivity index (χ1n) is 7.98. The molecule has 1 saturated heterocycles. The van der Waals surface area contributed by atoms with E-state index in [1.807, 2.05) is 4.90 Å². The average molecular weight is 319 g/mol. The number of amides is 3. The molecule has 1 heterocycles. The van der Waals surface area contributed by atoms with E-state index in [2.05, 4.69) is 5.32 Å². The minimum Gasteiger partial charge on any atom is -0.331 e. The van der Waals surface area contributed by atoms with E-state index in [1.54, 1.807) is 31.1 Å². The number of carbonyl (C=O) groups is 2. The number of rotatable bonds is 2. The summed E-state index contributed by atoms with van der Waals surface area (Å²) >= 11 is 0. The number of nitrogens with zero attached hydrogens (tertiary/aromatic N) is 2. The van der Waals surface area contributed by atoms with Crippen LogP contribution in [-0.4, -0.2) is 48.9 Å². The molecule has 0 spiro atoms. The zero-order valence-corrected chi connectivity index (χ0v) is 13.5. The molecule has 3 atom stereocenters. The Morgan fingerprint density at radius 1 is 1.22 bits per heavy atom. The molecular formula is C17H22FN3O2. The first kappa shape index (κ1) is 15.8. The molecule has 1 N–H and O–H groups in total. The van der Waals surface area contributed by atoms with Gasteiger partial charge in [-0.25, -0.2) is 9.18 Å². The SMILES string of the molecule is CN(C)C(=O)N1C[C@H]2CC[C@@H](C1)C2C(=O)Nc1cccc(F)c1. The van der Waals surface area contributed by atoms with E-state index in [-0.39, 0.29) is 35.5 Å². The van der Waals surface area contributed by atoms with Crippen molar-refractivity contribution in [2.45, 2.75) is 12.8 Å². The molecule has 1 saturated carbocycles. The van der Waals surface area contributed by atoms with Crippen molar-refractivity contribution in [3.8, 4) is 0 Å². The minimum atomic E-state index is -0.364. The van der Waals surface area contributed by atoms with Crippen LogP contribution in [0.1, 0.15) is 12.8 Å². The predicted octanol–water partition coefficient (Wildman–Crippen LogP) is 2.40. The second kappa shape index (κ2) is 6.18. The third-order valence-corrected chi connectivity index (χ3v) is 4.88. The third kappa shape index (κ3) is 3.16. The van der Waals surface area contributed by atoms with Crippen LogP contribution < -0.4 is 5.32 Å². The number of anilines is 1. The van der Waals surface area contributed by atoms with Gasteiger partial charge in [-0.3, -0.25) is 4.79 Å². The van der Waals surface area contributed by atoms with Gasteiger partial charge in [0.25, 0.3) is 0 Å². The zero-order valence-electron chi connectivity index (χ0n) is 13.5. The standard InChI is InChI=1S/C17H22FN3O2/c1-20(2)17(23)21-9-11-6-7-12(10-21)15(11)16(22)19-14-5-3-4-13(18)8-14/h3-5,8,11-12,15H,6-7,9-10H2,1-2H3,(H,19,22)/t11-,12+,15?. The summed E-state index contributed by atoms with van der Waals surface area (Å²) in [5.74, 6) is -0.140. The van der Waals surface area contributed by atoms with Gasteiger partial charge >= 0.3 is 6.03 Å². The number of benzene rings is 1. The highest BCUT2D eigenvalue weighted by Gasteiger charge is 2.47. The number of halogens is 1. The van der Waals surface area contributed by atoms with Crippen molar-refractivity contribution in [1.82, 2.24) is 9.80 Å². The molecule has 124 valence electrons. The number of carbonyl (C=O) groups excluding carboxylic acids is 2. The van der Waals surface area contributed by atoms with Crippen molar-refractivity contribution >= 4 is 17.6 Å². The molecule has 23 heavy (non-hydrogen) atoms. The van der Waals surface area contributed by atoms with Crippen molar-refractivity contribution in [2.24, 2.45) is 17.8 Å². The lowest BCUT2D eigenvalue weighted by Crippen LogP contribution is -2.51. The Hall–Kier alpha value is -2.11. The molecule has 5 nitrogen and oxygen atoms in total. The van der Waals surface area contributed by atoms with E-state index < -0.39 is 0 Å². The molecule has 1 unspecified atom stereocenters. The Kier molecular flexibility index (Phi) is 4.24. The van der Waals surface area contributed by atoms with Crippen molar-refractivity contribution in [1.29, 1.82) is 0 Å². The van der Waals surface area contributed by atoms with Crippen LogP contribution in [0.3, 0.4) is 0 Å². The average Bonchev–Trinajstić information content (AvgIpc) is 2.77. The van der Waals surface area contributed by atoms with Crippen molar-refractivity contribution in [2.75, 3.05) is 32.5 Å². The fourth-order valence-electron chi connectivity index (χ4n) is 3.88. The highest BCUT2D eigenvalue weighted by Crippen LogP contribution is 2.42. The first-order chi connectivity index (χ1) is 11.0. The van der Waals surface area contributed by atoms with Gasteiger partial charge < -0.3 is 15.1 Å². The minimum absolute atomic E-state index is 0.00545. The van der Waals surface area contributed by atoms with E-state index in [9.17, 15) is 14.0 Å². The Morgan fingerprint density at radius 2 is 1.87 bits per heavy atom. The molecule has 2 aliphatic rings. The Labute approximate surface area is 135 Å². The molecule has 0 aromatic heterocycles. The van der Waals surface area contributed by atoms with Gasteiger partial charge in [0.1, 0.15) is 5.82 Å². The van der Waals surface area contributed by atoms with E-state index in [1.165, 1.54) is 12.1 Å². The van der Waals surface area contributed by atoms with Crippen LogP contribution in [0, 0.1) is 23.6 Å². The second-order valence-corrected chi connectivity index (χ2v) is 6.70. The van der Waals surface area contributed by atoms with Gasteiger partial charge in [0, 0.05) is 38.8 Å². The monoisotopic (exact) mass is 319 g/mol. The zero-order chi connectivity index (χ0) is 16.6. The molecule has 1 aromatic rings. The molecule has 3 rings (SSSR count). The number of likely N-dealkylation sites (tertiary alicyclic amines) is 1. The van der Waals surface area contributed by atoms with E-state index in [4.69, 9.17) is 0 Å². The number of hydrogen-bond donors (Lipinski definition) is 1. The molecule has 6 heteroatoms. The Morgan fingerprint density at radius 3 is 2.43 bits per heavy atom. The lowest BCUT2D eigenvalue weighted by molar-refractivity contribution is -0.123. The molecule has 3 amide bonds. The van der Waals surface area contributed by atoms with Crippen LogP contribution in [0.15, 0.2) is 24.3 Å². The van der Waals surface area contributed by atoms with Gasteiger partial charge in [-0.1, -0.05) is 6.07 Å². The lowest BCUT2D eigenvalue weighted by Gasteiger charge is -2.38. The molecule has 1 aliphatic carbocycles. The van der Waals surface area contributed by atoms with Crippen LogP contribution in [0.4, 0.5) is 14.9 Å². The van der Waals surface area contributed by atoms with E-state index in [0.717, 1.165) is 12.8 Å². The molecule has 0 radical (unpaired) electrons. The lowest BCUT2D eigenvalue weighted by atomic mass is 9.84. The summed E-state index contributed by atoms with van der Waals surface area (Å²) in [6.07, 6.45) is 1.92. The highest BCUT2D eigenvalue weighted by molar-refractivity contribution is 5.93. The number of urea groups is 1. The number of fused-ring (bicyclic) bond motifs is 2. The van der Waals surface area contributed by atoms with Gasteiger partial charge in [-0.05, 0) is 42.9 Å². The van der Waals surface area contributed by atoms with Crippen molar-refractivity contribution < 1.29 is 14.0 Å². The molecule has 1 aromatic carbocycles. The maximum Gasteiger partial charge on any atom is 0.319 e. The summed E-state index contributed by atoms with van der Waals surface area (Å²) in [6, 6.07) is 5.95. The van der Waals surface area contributed by atoms with Gasteiger partial charge in [0.2, 0.25) is 5.91 Å². The topological polar surface area (TPSA) is 52.7 Å². The maximum absolute atomic E-state index is 13.2. The van der Waals surface area contributed by atoms with Crippen LogP contribution >= 0.6 is 0 Å². The summed E-state index contributed by atoms with van der Waals surface area (Å²) < 4.78 is 13.2. The van der Waals surface area contributed by atoms with Crippen molar-refractivity contribution in [3.63, 3.8) is 0 Å². The Balaban J connectivity index is 1.68. The molecule has 2 fully saturated rings. The number of hydrogen-bond acceptors (Lipinski definition) is 2. The van der Waals surface area contributed by atoms with Crippen LogP contribution in [0.5, 0.6) is 0 Å². The normalized spacial score (nSPS) is 26.0. The van der Waals surface area contributed by atoms with Crippen molar-refractivity contribution in [3.05, 3.63) is 30.1 Å². The molecule has 1 aliphatic heterocycles. The van der Waals surface area contributed by atoms with Crippen LogP contribution in [0.25, 0.3) is 0 Å². The third-order valence-electron chi connectivity index (χ3n) is 4.88. The quantitative estimate of drug-likeness (QED) is 0.910. The predicted molar refractivity (Wildman–Crippen MR) is 85.4 cm³/mol. The molecular weight excluding hydrogens is 297 g/mol. The summed E-state index contributed by atoms with van der Waals surface area (Å²) in [4.78, 5) is 28.2. The van der Waals surface area contributed by atoms with Gasteiger partial charge in [0.05, 0.1) is 0 Å². The fourth-order valence-corrected chi connectivity index (χ4v) is 3.88. The smallest absolute Gasteiger partial charge is 0.319 e. The fraction of sp³-hybridized carbons (Fsp3) is 0.529. The second-order valence-electron chi connectivity index (χ2n) is 6.70. The molecule has 2 bridgehead atoms. The van der Waals surface area contributed by atoms with Gasteiger partial charge in [-0.15, -0.1) is 0 Å². The number of nitrogens with one attached hydrogen (secondary N) is 1. The van der Waals surface area contributed by atoms with Gasteiger partial charge in [0.15, 0.2) is 0 Å². The summed E-state index contributed by atoms with van der Waals surface area (Å²) in [6.45, 7) is 1.24. The van der Waals surface area contributed by atoms with Crippen LogP contribution in [-0.2, 0) is 4.79 Å². The maximum atomic E-state index is 13.2. The Bertz CT molecular complexity index is 606. The summed E-state index contributed by atoms with van der Waals surface area (Å²) in [7, 11) is 3.49. The van der Waals surface area contributed by atoms with E-state index in [0.29, 0.717) is 18.8 Å². The van der Waals surface area contributed by atoms with E-state index >= 15 is 0 Å². The highest BCUT2D eigenvalue weighted by atomic mass is 19.1. The first-order valence-corrected chi connectivity index (χ1v) is 7.98. The number of piperidine rings is 1. The van der Waals surface area contributed by atoms with Gasteiger partial charge in [-0.2, -0.15) is 0 Å². The largest absolute Gasteiger partial charge is 0.331 e. The summed E-state index contributed by atoms with van der Waals surface area (Å²) in [5, 5.41) is 2.83.